The van der Waals surface area contributed by atoms with E-state index >= 15 is 0 Å². The molecule has 1 N–H and O–H groups in total. The third-order valence-electron chi connectivity index (χ3n) is 6.19. The second-order valence-corrected chi connectivity index (χ2v) is 8.31. The van der Waals surface area contributed by atoms with Crippen LogP contribution in [0.1, 0.15) is 31.4 Å². The zero-order valence-corrected chi connectivity index (χ0v) is 18.2. The molecule has 2 heterocycles. The quantitative estimate of drug-likeness (QED) is 0.701. The summed E-state index contributed by atoms with van der Waals surface area (Å²) < 4.78 is 5.37. The fraction of sp³-hybridized carbons (Fsp3) is 0.522. The molecule has 1 saturated heterocycles. The summed E-state index contributed by atoms with van der Waals surface area (Å²) in [6.07, 6.45) is 2.02. The predicted molar refractivity (Wildman–Crippen MR) is 115 cm³/mol. The van der Waals surface area contributed by atoms with Crippen molar-refractivity contribution in [2.45, 2.75) is 25.8 Å². The Labute approximate surface area is 182 Å². The Morgan fingerprint density at radius 3 is 2.39 bits per heavy atom. The number of hydrogen-bond donors (Lipinski definition) is 1. The molecule has 2 fully saturated rings. The highest BCUT2D eigenvalue weighted by molar-refractivity contribution is 5.95. The zero-order chi connectivity index (χ0) is 22.0. The first kappa shape index (κ1) is 21.4. The van der Waals surface area contributed by atoms with E-state index in [1.807, 2.05) is 35.2 Å². The van der Waals surface area contributed by atoms with Crippen molar-refractivity contribution in [3.8, 4) is 0 Å². The minimum absolute atomic E-state index is 0.226. The number of carbonyl (C=O) groups excluding carboxylic acids is 3. The molecule has 0 radical (unpaired) electrons. The molecule has 1 aromatic rings. The number of benzene rings is 1. The van der Waals surface area contributed by atoms with Gasteiger partial charge in [0.1, 0.15) is 0 Å². The maximum absolute atomic E-state index is 13.0. The van der Waals surface area contributed by atoms with E-state index in [2.05, 4.69) is 10.2 Å². The lowest BCUT2D eigenvalue weighted by atomic mass is 9.94. The van der Waals surface area contributed by atoms with E-state index in [-0.39, 0.29) is 24.5 Å². The average Bonchev–Trinajstić information content (AvgIpc) is 3.63. The standard InChI is InChI=1S/C23H30N4O4/c1-3-31-22(29)19-18(15-26-11-13-27(14-12-26)21(28)17-9-10-17)25(2)23(30)24-20(19)16-7-5-4-6-8-16/h4-8,17,20H,3,9-15H2,1-2H3,(H,24,30)/t20-/m0/s1. The van der Waals surface area contributed by atoms with Gasteiger partial charge in [-0.25, -0.2) is 9.59 Å². The van der Waals surface area contributed by atoms with E-state index in [1.54, 1.807) is 14.0 Å². The molecule has 1 saturated carbocycles. The van der Waals surface area contributed by atoms with Gasteiger partial charge in [-0.2, -0.15) is 0 Å². The van der Waals surface area contributed by atoms with Crippen LogP contribution in [0, 0.1) is 5.92 Å². The first-order chi connectivity index (χ1) is 15.0. The lowest BCUT2D eigenvalue weighted by Gasteiger charge is -2.39. The van der Waals surface area contributed by atoms with Gasteiger partial charge in [-0.1, -0.05) is 30.3 Å². The molecule has 0 spiro atoms. The van der Waals surface area contributed by atoms with E-state index in [0.29, 0.717) is 44.0 Å². The van der Waals surface area contributed by atoms with Crippen molar-refractivity contribution >= 4 is 17.9 Å². The van der Waals surface area contributed by atoms with Crippen LogP contribution in [0.25, 0.3) is 0 Å². The highest BCUT2D eigenvalue weighted by Gasteiger charge is 2.38. The van der Waals surface area contributed by atoms with E-state index in [1.165, 1.54) is 4.90 Å². The maximum atomic E-state index is 13.0. The lowest BCUT2D eigenvalue weighted by molar-refractivity contribution is -0.139. The van der Waals surface area contributed by atoms with Crippen LogP contribution < -0.4 is 5.32 Å². The monoisotopic (exact) mass is 426 g/mol. The molecule has 2 aliphatic heterocycles. The topological polar surface area (TPSA) is 82.2 Å². The summed E-state index contributed by atoms with van der Waals surface area (Å²) in [4.78, 5) is 43.7. The van der Waals surface area contributed by atoms with Crippen molar-refractivity contribution in [2.24, 2.45) is 5.92 Å². The summed E-state index contributed by atoms with van der Waals surface area (Å²) in [7, 11) is 1.68. The molecule has 8 heteroatoms. The first-order valence-corrected chi connectivity index (χ1v) is 11.0. The molecule has 31 heavy (non-hydrogen) atoms. The molecule has 0 bridgehead atoms. The predicted octanol–water partition coefficient (Wildman–Crippen LogP) is 1.75. The van der Waals surface area contributed by atoms with Gasteiger partial charge < -0.3 is 15.0 Å². The van der Waals surface area contributed by atoms with Crippen molar-refractivity contribution in [1.82, 2.24) is 20.0 Å². The zero-order valence-electron chi connectivity index (χ0n) is 18.2. The van der Waals surface area contributed by atoms with Crippen LogP contribution in [0.2, 0.25) is 0 Å². The van der Waals surface area contributed by atoms with Crippen LogP contribution in [0.15, 0.2) is 41.6 Å². The van der Waals surface area contributed by atoms with Crippen LogP contribution in [0.5, 0.6) is 0 Å². The number of esters is 1. The molecule has 1 atom stereocenters. The Hall–Kier alpha value is -2.87. The number of likely N-dealkylation sites (N-methyl/N-ethyl adjacent to an activating group) is 1. The van der Waals surface area contributed by atoms with Crippen molar-refractivity contribution in [2.75, 3.05) is 46.4 Å². The molecular weight excluding hydrogens is 396 g/mol. The SMILES string of the molecule is CCOC(=O)C1=C(CN2CCN(C(=O)C3CC3)CC2)N(C)C(=O)N[C@H]1c1ccccc1. The molecule has 166 valence electrons. The summed E-state index contributed by atoms with van der Waals surface area (Å²) in [6, 6.07) is 8.66. The number of ether oxygens (including phenoxy) is 1. The van der Waals surface area contributed by atoms with E-state index in [9.17, 15) is 14.4 Å². The van der Waals surface area contributed by atoms with Gasteiger partial charge in [0.05, 0.1) is 18.2 Å². The third-order valence-corrected chi connectivity index (χ3v) is 6.19. The minimum atomic E-state index is -0.559. The molecule has 8 nitrogen and oxygen atoms in total. The Bertz CT molecular complexity index is 873. The summed E-state index contributed by atoms with van der Waals surface area (Å²) in [5, 5.41) is 2.94. The summed E-state index contributed by atoms with van der Waals surface area (Å²) in [5.74, 6) is 0.0783. The summed E-state index contributed by atoms with van der Waals surface area (Å²) in [6.45, 7) is 5.26. The fourth-order valence-electron chi connectivity index (χ4n) is 4.22. The van der Waals surface area contributed by atoms with E-state index in [4.69, 9.17) is 4.74 Å². The Morgan fingerprint density at radius 2 is 1.77 bits per heavy atom. The average molecular weight is 427 g/mol. The van der Waals surface area contributed by atoms with Crippen LogP contribution >= 0.6 is 0 Å². The van der Waals surface area contributed by atoms with Gasteiger partial charge in [0.15, 0.2) is 0 Å². The maximum Gasteiger partial charge on any atom is 0.338 e. The third kappa shape index (κ3) is 4.58. The molecule has 3 aliphatic rings. The van der Waals surface area contributed by atoms with Gasteiger partial charge in [-0.3, -0.25) is 14.6 Å². The van der Waals surface area contributed by atoms with Crippen molar-refractivity contribution in [3.05, 3.63) is 47.2 Å². The molecule has 0 unspecified atom stereocenters. The number of piperazine rings is 1. The normalized spacial score (nSPS) is 22.4. The summed E-state index contributed by atoms with van der Waals surface area (Å²) in [5.41, 5.74) is 1.95. The Kier molecular flexibility index (Phi) is 6.27. The van der Waals surface area contributed by atoms with Crippen molar-refractivity contribution < 1.29 is 19.1 Å². The number of nitrogens with zero attached hydrogens (tertiary/aromatic N) is 3. The highest BCUT2D eigenvalue weighted by Crippen LogP contribution is 2.33. The smallest absolute Gasteiger partial charge is 0.338 e. The Morgan fingerprint density at radius 1 is 1.10 bits per heavy atom. The number of nitrogens with one attached hydrogen (secondary N) is 1. The van der Waals surface area contributed by atoms with Gasteiger partial charge in [-0.05, 0) is 25.3 Å². The molecular formula is C23H30N4O4. The second kappa shape index (κ2) is 9.09. The van der Waals surface area contributed by atoms with Gasteiger partial charge >= 0.3 is 12.0 Å². The Balaban J connectivity index is 1.58. The van der Waals surface area contributed by atoms with Gasteiger partial charge in [0.2, 0.25) is 5.91 Å². The van der Waals surface area contributed by atoms with Crippen LogP contribution in [-0.2, 0) is 14.3 Å². The van der Waals surface area contributed by atoms with Crippen molar-refractivity contribution in [3.63, 3.8) is 0 Å². The van der Waals surface area contributed by atoms with E-state index < -0.39 is 12.0 Å². The number of carbonyl (C=O) groups is 3. The number of rotatable bonds is 6. The number of urea groups is 1. The minimum Gasteiger partial charge on any atom is -0.463 e. The molecule has 4 rings (SSSR count). The number of amides is 3. The fourth-order valence-corrected chi connectivity index (χ4v) is 4.22. The van der Waals surface area contributed by atoms with Gasteiger partial charge in [0, 0.05) is 51.4 Å². The van der Waals surface area contributed by atoms with Crippen LogP contribution in [0.4, 0.5) is 4.79 Å². The second-order valence-electron chi connectivity index (χ2n) is 8.31. The van der Waals surface area contributed by atoms with Crippen LogP contribution in [0.3, 0.4) is 0 Å². The molecule has 1 aromatic carbocycles. The highest BCUT2D eigenvalue weighted by atomic mass is 16.5. The lowest BCUT2D eigenvalue weighted by Crippen LogP contribution is -2.53. The molecule has 1 aliphatic carbocycles. The first-order valence-electron chi connectivity index (χ1n) is 11.0. The van der Waals surface area contributed by atoms with Gasteiger partial charge in [-0.15, -0.1) is 0 Å². The largest absolute Gasteiger partial charge is 0.463 e. The summed E-state index contributed by atoms with van der Waals surface area (Å²) >= 11 is 0. The molecule has 0 aromatic heterocycles. The van der Waals surface area contributed by atoms with E-state index in [0.717, 1.165) is 18.4 Å². The van der Waals surface area contributed by atoms with Crippen LogP contribution in [-0.4, -0.2) is 79.0 Å². The molecule has 3 amide bonds. The van der Waals surface area contributed by atoms with Crippen molar-refractivity contribution in [1.29, 1.82) is 0 Å². The van der Waals surface area contributed by atoms with Gasteiger partial charge in [0.25, 0.3) is 0 Å². The number of hydrogen-bond acceptors (Lipinski definition) is 5.